The monoisotopic (exact) mass is 337 g/mol. The molecule has 1 atom stereocenters. The summed E-state index contributed by atoms with van der Waals surface area (Å²) in [5.74, 6) is 0. The molecule has 1 aromatic rings. The molecule has 130 valence electrons. The summed E-state index contributed by atoms with van der Waals surface area (Å²) in [6, 6.07) is 10.3. The van der Waals surface area contributed by atoms with Crippen molar-refractivity contribution < 1.29 is 0 Å². The molecule has 0 bridgehead atoms. The molecule has 1 aliphatic heterocycles. The normalized spacial score (nSPS) is 19.3. The summed E-state index contributed by atoms with van der Waals surface area (Å²) in [7, 11) is 2.02. The maximum absolute atomic E-state index is 4.60. The van der Waals surface area contributed by atoms with Crippen LogP contribution >= 0.6 is 12.2 Å². The van der Waals surface area contributed by atoms with E-state index in [1.54, 1.807) is 0 Å². The van der Waals surface area contributed by atoms with Gasteiger partial charge in [0, 0.05) is 50.0 Å². The van der Waals surface area contributed by atoms with Crippen LogP contribution in [0.4, 0.5) is 5.69 Å². The van der Waals surface area contributed by atoms with Crippen molar-refractivity contribution in [2.24, 2.45) is 0 Å². The summed E-state index contributed by atoms with van der Waals surface area (Å²) in [6.45, 7) is 9.70. The summed E-state index contributed by atoms with van der Waals surface area (Å²) < 4.78 is 0. The molecular weight excluding hydrogens is 306 g/mol. The van der Waals surface area contributed by atoms with Gasteiger partial charge < -0.3 is 26.6 Å². The molecule has 2 rings (SSSR count). The molecular formula is C17H31N5S. The number of rotatable bonds is 4. The Morgan fingerprint density at radius 2 is 1.74 bits per heavy atom. The molecule has 6 heteroatoms. The Kier molecular flexibility index (Phi) is 9.98. The third-order valence-corrected chi connectivity index (χ3v) is 4.15. The minimum atomic E-state index is 0.136. The van der Waals surface area contributed by atoms with Crippen LogP contribution in [0.15, 0.2) is 30.3 Å². The first-order valence-corrected chi connectivity index (χ1v) is 8.66. The Labute approximate surface area is 146 Å². The third kappa shape index (κ3) is 8.39. The topological polar surface area (TPSA) is 60.1 Å². The summed E-state index contributed by atoms with van der Waals surface area (Å²) in [4.78, 5) is 0. The van der Waals surface area contributed by atoms with Crippen LogP contribution in [0.3, 0.4) is 0 Å². The van der Waals surface area contributed by atoms with Crippen molar-refractivity contribution >= 4 is 23.4 Å². The second-order valence-electron chi connectivity index (χ2n) is 6.06. The standard InChI is InChI=1S/C10H24N4.C7H7NS/c1-10(2,11-3)9-8-13-5-4-12-6-7-14-9;9-6-8-7-4-2-1-3-5-7/h9,11-14H,4-8H2,1-3H3;1-6H,(H,8,9). The number of hydrogen-bond donors (Lipinski definition) is 5. The van der Waals surface area contributed by atoms with Crippen LogP contribution in [0.25, 0.3) is 0 Å². The molecule has 1 fully saturated rings. The van der Waals surface area contributed by atoms with E-state index in [9.17, 15) is 0 Å². The molecule has 0 aromatic heterocycles. The van der Waals surface area contributed by atoms with Crippen LogP contribution in [-0.4, -0.2) is 56.8 Å². The van der Waals surface area contributed by atoms with Crippen molar-refractivity contribution in [3.63, 3.8) is 0 Å². The van der Waals surface area contributed by atoms with Gasteiger partial charge in [-0.3, -0.25) is 0 Å². The number of para-hydroxylation sites is 1. The Bertz CT molecular complexity index is 414. The number of anilines is 1. The van der Waals surface area contributed by atoms with E-state index in [1.807, 2.05) is 37.4 Å². The number of likely N-dealkylation sites (N-methyl/N-ethyl adjacent to an activating group) is 1. The van der Waals surface area contributed by atoms with Gasteiger partial charge in [0.1, 0.15) is 0 Å². The summed E-state index contributed by atoms with van der Waals surface area (Å²) in [5.41, 5.74) is 2.67. The molecule has 23 heavy (non-hydrogen) atoms. The highest BCUT2D eigenvalue weighted by molar-refractivity contribution is 7.79. The largest absolute Gasteiger partial charge is 0.353 e. The highest BCUT2D eigenvalue weighted by Crippen LogP contribution is 2.07. The SMILES string of the molecule is CNC(C)(C)C1CNCCNCCN1.S=CNc1ccccc1. The number of benzene rings is 1. The Morgan fingerprint density at radius 1 is 1.09 bits per heavy atom. The highest BCUT2D eigenvalue weighted by Gasteiger charge is 2.26. The number of hydrogen-bond acceptors (Lipinski definition) is 5. The van der Waals surface area contributed by atoms with E-state index < -0.39 is 0 Å². The summed E-state index contributed by atoms with van der Waals surface area (Å²) in [6.07, 6.45) is 0. The molecule has 0 amide bonds. The van der Waals surface area contributed by atoms with Gasteiger partial charge in [0.25, 0.3) is 0 Å². The van der Waals surface area contributed by atoms with Crippen molar-refractivity contribution in [2.75, 3.05) is 45.1 Å². The first-order chi connectivity index (χ1) is 11.1. The molecule has 1 aromatic carbocycles. The van der Waals surface area contributed by atoms with Gasteiger partial charge in [0.15, 0.2) is 0 Å². The third-order valence-electron chi connectivity index (χ3n) is 4.03. The van der Waals surface area contributed by atoms with Gasteiger partial charge in [0.2, 0.25) is 0 Å². The van der Waals surface area contributed by atoms with Crippen molar-refractivity contribution in [3.8, 4) is 0 Å². The first kappa shape index (κ1) is 20.0. The molecule has 5 N–H and O–H groups in total. The van der Waals surface area contributed by atoms with Crippen molar-refractivity contribution in [3.05, 3.63) is 30.3 Å². The summed E-state index contributed by atoms with van der Waals surface area (Å²) in [5, 5.41) is 16.6. The fraction of sp³-hybridized carbons (Fsp3) is 0.588. The molecule has 5 nitrogen and oxygen atoms in total. The quantitative estimate of drug-likeness (QED) is 0.532. The molecule has 0 saturated carbocycles. The molecule has 1 aliphatic rings. The number of thiocarbonyl (C=S) groups is 1. The van der Waals surface area contributed by atoms with Gasteiger partial charge in [-0.2, -0.15) is 0 Å². The predicted molar refractivity (Wildman–Crippen MR) is 104 cm³/mol. The minimum absolute atomic E-state index is 0.136. The van der Waals surface area contributed by atoms with Gasteiger partial charge in [-0.1, -0.05) is 30.4 Å². The van der Waals surface area contributed by atoms with E-state index in [1.165, 1.54) is 5.49 Å². The molecule has 0 spiro atoms. The van der Waals surface area contributed by atoms with E-state index in [0.29, 0.717) is 6.04 Å². The van der Waals surface area contributed by atoms with Crippen LogP contribution in [0.5, 0.6) is 0 Å². The van der Waals surface area contributed by atoms with E-state index in [2.05, 4.69) is 52.6 Å². The van der Waals surface area contributed by atoms with Crippen molar-refractivity contribution in [1.29, 1.82) is 0 Å². The molecule has 0 radical (unpaired) electrons. The lowest BCUT2D eigenvalue weighted by Crippen LogP contribution is -2.58. The zero-order valence-corrected chi connectivity index (χ0v) is 15.3. The fourth-order valence-corrected chi connectivity index (χ4v) is 2.38. The smallest absolute Gasteiger partial charge is 0.0658 e. The molecule has 1 unspecified atom stereocenters. The maximum atomic E-state index is 4.60. The zero-order chi connectivity index (χ0) is 17.0. The van der Waals surface area contributed by atoms with Gasteiger partial charge in [0.05, 0.1) is 5.49 Å². The van der Waals surface area contributed by atoms with Gasteiger partial charge >= 0.3 is 0 Å². The van der Waals surface area contributed by atoms with E-state index in [-0.39, 0.29) is 5.54 Å². The average molecular weight is 338 g/mol. The Balaban J connectivity index is 0.000000253. The van der Waals surface area contributed by atoms with Crippen LogP contribution in [0.2, 0.25) is 0 Å². The lowest BCUT2D eigenvalue weighted by atomic mass is 9.94. The predicted octanol–water partition coefficient (Wildman–Crippen LogP) is 1.19. The summed E-state index contributed by atoms with van der Waals surface area (Å²) >= 11 is 4.60. The van der Waals surface area contributed by atoms with E-state index in [4.69, 9.17) is 0 Å². The van der Waals surface area contributed by atoms with Crippen molar-refractivity contribution in [2.45, 2.75) is 25.4 Å². The first-order valence-electron chi connectivity index (χ1n) is 8.19. The van der Waals surface area contributed by atoms with Crippen LogP contribution in [0.1, 0.15) is 13.8 Å². The second-order valence-corrected chi connectivity index (χ2v) is 6.30. The van der Waals surface area contributed by atoms with Gasteiger partial charge in [-0.05, 0) is 33.0 Å². The Morgan fingerprint density at radius 3 is 2.39 bits per heavy atom. The highest BCUT2D eigenvalue weighted by atomic mass is 32.1. The minimum Gasteiger partial charge on any atom is -0.353 e. The van der Waals surface area contributed by atoms with Crippen molar-refractivity contribution in [1.82, 2.24) is 21.3 Å². The second kappa shape index (κ2) is 11.5. The Hall–Kier alpha value is -1.05. The van der Waals surface area contributed by atoms with Crippen LogP contribution < -0.4 is 26.6 Å². The van der Waals surface area contributed by atoms with E-state index in [0.717, 1.165) is 38.4 Å². The lowest BCUT2D eigenvalue weighted by Gasteiger charge is -2.35. The zero-order valence-electron chi connectivity index (χ0n) is 14.5. The van der Waals surface area contributed by atoms with Crippen LogP contribution in [0, 0.1) is 0 Å². The van der Waals surface area contributed by atoms with Gasteiger partial charge in [-0.25, -0.2) is 0 Å². The fourth-order valence-electron chi connectivity index (χ4n) is 2.24. The van der Waals surface area contributed by atoms with Gasteiger partial charge in [-0.15, -0.1) is 0 Å². The van der Waals surface area contributed by atoms with Crippen LogP contribution in [-0.2, 0) is 0 Å². The molecule has 0 aliphatic carbocycles. The number of nitrogens with one attached hydrogen (secondary N) is 5. The maximum Gasteiger partial charge on any atom is 0.0658 e. The molecule has 1 heterocycles. The lowest BCUT2D eigenvalue weighted by molar-refractivity contribution is 0.288. The van der Waals surface area contributed by atoms with E-state index >= 15 is 0 Å². The average Bonchev–Trinajstić information content (AvgIpc) is 2.71. The molecule has 1 saturated heterocycles.